The van der Waals surface area contributed by atoms with E-state index in [1.165, 1.54) is 27.6 Å². The molecule has 0 atom stereocenters. The van der Waals surface area contributed by atoms with E-state index in [9.17, 15) is 4.79 Å². The number of hydrogen-bond donors (Lipinski definition) is 1. The quantitative estimate of drug-likeness (QED) is 0.781. The summed E-state index contributed by atoms with van der Waals surface area (Å²) in [7, 11) is 0. The standard InChI is InChI=1S/C20H19N3O/c1-14-4-2-6-17-18(13-22-19(14)17)15-7-10-23(11-8-15)20(24)16-5-3-9-21-12-16/h2-7,9,12-13,22H,8,10-11H2,1H3. The fraction of sp³-hybridized carbons (Fsp3) is 0.200. The van der Waals surface area contributed by atoms with Gasteiger partial charge in [0.25, 0.3) is 5.91 Å². The van der Waals surface area contributed by atoms with Crippen LogP contribution in [0.2, 0.25) is 0 Å². The molecule has 4 nitrogen and oxygen atoms in total. The molecular weight excluding hydrogens is 298 g/mol. The average molecular weight is 317 g/mol. The van der Waals surface area contributed by atoms with Crippen molar-refractivity contribution in [1.82, 2.24) is 14.9 Å². The summed E-state index contributed by atoms with van der Waals surface area (Å²) in [5, 5.41) is 1.26. The molecule has 0 unspecified atom stereocenters. The third kappa shape index (κ3) is 2.50. The van der Waals surface area contributed by atoms with Crippen LogP contribution >= 0.6 is 0 Å². The number of carbonyl (C=O) groups is 1. The molecule has 1 aliphatic rings. The summed E-state index contributed by atoms with van der Waals surface area (Å²) < 4.78 is 0. The lowest BCUT2D eigenvalue weighted by Gasteiger charge is -2.26. The smallest absolute Gasteiger partial charge is 0.255 e. The molecule has 4 heteroatoms. The minimum absolute atomic E-state index is 0.0492. The van der Waals surface area contributed by atoms with Crippen LogP contribution in [-0.2, 0) is 0 Å². The average Bonchev–Trinajstić information content (AvgIpc) is 3.07. The number of aromatic amines is 1. The number of H-pyrrole nitrogens is 1. The molecule has 1 N–H and O–H groups in total. The SMILES string of the molecule is Cc1cccc2c(C3=CCN(C(=O)c4cccnc4)CC3)c[nH]c12. The van der Waals surface area contributed by atoms with Gasteiger partial charge >= 0.3 is 0 Å². The molecule has 0 saturated carbocycles. The van der Waals surface area contributed by atoms with Gasteiger partial charge in [0.15, 0.2) is 0 Å². The summed E-state index contributed by atoms with van der Waals surface area (Å²) in [4.78, 5) is 21.8. The minimum Gasteiger partial charge on any atom is -0.360 e. The Kier molecular flexibility index (Phi) is 3.65. The van der Waals surface area contributed by atoms with Crippen LogP contribution in [0, 0.1) is 6.92 Å². The molecule has 120 valence electrons. The van der Waals surface area contributed by atoms with Crippen LogP contribution < -0.4 is 0 Å². The summed E-state index contributed by atoms with van der Waals surface area (Å²) in [5.41, 5.74) is 5.66. The first-order valence-electron chi connectivity index (χ1n) is 8.19. The van der Waals surface area contributed by atoms with Gasteiger partial charge in [-0.15, -0.1) is 0 Å². The predicted octanol–water partition coefficient (Wildman–Crippen LogP) is 3.80. The van der Waals surface area contributed by atoms with Gasteiger partial charge in [0.05, 0.1) is 5.56 Å². The van der Waals surface area contributed by atoms with E-state index in [4.69, 9.17) is 0 Å². The lowest BCUT2D eigenvalue weighted by atomic mass is 9.98. The monoisotopic (exact) mass is 317 g/mol. The lowest BCUT2D eigenvalue weighted by molar-refractivity contribution is 0.0772. The highest BCUT2D eigenvalue weighted by atomic mass is 16.2. The number of nitrogens with zero attached hydrogens (tertiary/aromatic N) is 2. The number of para-hydroxylation sites is 1. The van der Waals surface area contributed by atoms with Crippen LogP contribution in [-0.4, -0.2) is 33.9 Å². The van der Waals surface area contributed by atoms with Gasteiger partial charge in [0.2, 0.25) is 0 Å². The predicted molar refractivity (Wildman–Crippen MR) is 95.8 cm³/mol. The Morgan fingerprint density at radius 2 is 2.17 bits per heavy atom. The molecule has 0 saturated heterocycles. The number of aromatic nitrogens is 2. The largest absolute Gasteiger partial charge is 0.360 e. The molecule has 2 aromatic heterocycles. The van der Waals surface area contributed by atoms with Crippen molar-refractivity contribution < 1.29 is 4.79 Å². The van der Waals surface area contributed by atoms with Crippen molar-refractivity contribution in [1.29, 1.82) is 0 Å². The number of pyridine rings is 1. The lowest BCUT2D eigenvalue weighted by Crippen LogP contribution is -2.34. The van der Waals surface area contributed by atoms with Gasteiger partial charge < -0.3 is 9.88 Å². The molecule has 0 radical (unpaired) electrons. The van der Waals surface area contributed by atoms with E-state index in [0.29, 0.717) is 12.1 Å². The molecule has 0 aliphatic carbocycles. The van der Waals surface area contributed by atoms with E-state index in [-0.39, 0.29) is 5.91 Å². The van der Waals surface area contributed by atoms with Crippen molar-refractivity contribution in [2.75, 3.05) is 13.1 Å². The fourth-order valence-corrected chi connectivity index (χ4v) is 3.34. The highest BCUT2D eigenvalue weighted by molar-refractivity contribution is 5.96. The van der Waals surface area contributed by atoms with E-state index >= 15 is 0 Å². The number of fused-ring (bicyclic) bond motifs is 1. The van der Waals surface area contributed by atoms with E-state index < -0.39 is 0 Å². The first-order chi connectivity index (χ1) is 11.7. The Morgan fingerprint density at radius 3 is 2.92 bits per heavy atom. The Bertz CT molecular complexity index is 924. The summed E-state index contributed by atoms with van der Waals surface area (Å²) in [6.45, 7) is 3.49. The topological polar surface area (TPSA) is 49.0 Å². The molecule has 0 spiro atoms. The Balaban J connectivity index is 1.58. The third-order valence-corrected chi connectivity index (χ3v) is 4.67. The van der Waals surface area contributed by atoms with Gasteiger partial charge in [0, 0.05) is 48.1 Å². The molecule has 0 bridgehead atoms. The minimum atomic E-state index is 0.0492. The van der Waals surface area contributed by atoms with E-state index in [1.807, 2.05) is 11.0 Å². The maximum Gasteiger partial charge on any atom is 0.255 e. The normalized spacial score (nSPS) is 14.7. The van der Waals surface area contributed by atoms with Crippen molar-refractivity contribution >= 4 is 22.4 Å². The second kappa shape index (κ2) is 5.96. The van der Waals surface area contributed by atoms with Gasteiger partial charge in [-0.25, -0.2) is 0 Å². The number of rotatable bonds is 2. The number of hydrogen-bond acceptors (Lipinski definition) is 2. The molecule has 1 aromatic carbocycles. The summed E-state index contributed by atoms with van der Waals surface area (Å²) in [6, 6.07) is 9.98. The zero-order valence-electron chi connectivity index (χ0n) is 13.6. The number of amides is 1. The van der Waals surface area contributed by atoms with Crippen molar-refractivity contribution in [3.05, 3.63) is 71.7 Å². The van der Waals surface area contributed by atoms with Crippen molar-refractivity contribution in [2.24, 2.45) is 0 Å². The van der Waals surface area contributed by atoms with Gasteiger partial charge in [-0.05, 0) is 36.6 Å². The molecular formula is C20H19N3O. The molecule has 3 aromatic rings. The van der Waals surface area contributed by atoms with Gasteiger partial charge in [-0.1, -0.05) is 24.3 Å². The van der Waals surface area contributed by atoms with Crippen LogP contribution in [0.5, 0.6) is 0 Å². The fourth-order valence-electron chi connectivity index (χ4n) is 3.34. The summed E-state index contributed by atoms with van der Waals surface area (Å²) >= 11 is 0. The molecule has 1 amide bonds. The highest BCUT2D eigenvalue weighted by Crippen LogP contribution is 2.30. The Hall–Kier alpha value is -2.88. The maximum atomic E-state index is 12.5. The number of aryl methyl sites for hydroxylation is 1. The van der Waals surface area contributed by atoms with E-state index in [0.717, 1.165) is 13.0 Å². The summed E-state index contributed by atoms with van der Waals surface area (Å²) in [5.74, 6) is 0.0492. The zero-order chi connectivity index (χ0) is 16.5. The zero-order valence-corrected chi connectivity index (χ0v) is 13.6. The van der Waals surface area contributed by atoms with Gasteiger partial charge in [-0.2, -0.15) is 0 Å². The number of carbonyl (C=O) groups excluding carboxylic acids is 1. The van der Waals surface area contributed by atoms with Crippen LogP contribution in [0.25, 0.3) is 16.5 Å². The van der Waals surface area contributed by atoms with Crippen LogP contribution in [0.3, 0.4) is 0 Å². The van der Waals surface area contributed by atoms with Crippen LogP contribution in [0.15, 0.2) is 55.0 Å². The highest BCUT2D eigenvalue weighted by Gasteiger charge is 2.20. The molecule has 0 fully saturated rings. The first kappa shape index (κ1) is 14.7. The molecule has 1 aliphatic heterocycles. The van der Waals surface area contributed by atoms with Gasteiger partial charge in [-0.3, -0.25) is 9.78 Å². The van der Waals surface area contributed by atoms with Gasteiger partial charge in [0.1, 0.15) is 0 Å². The number of nitrogens with one attached hydrogen (secondary N) is 1. The number of benzene rings is 1. The molecule has 3 heterocycles. The van der Waals surface area contributed by atoms with E-state index in [1.54, 1.807) is 18.5 Å². The second-order valence-electron chi connectivity index (χ2n) is 6.17. The Labute approximate surface area is 140 Å². The van der Waals surface area contributed by atoms with Crippen LogP contribution in [0.4, 0.5) is 0 Å². The summed E-state index contributed by atoms with van der Waals surface area (Å²) in [6.07, 6.45) is 8.44. The van der Waals surface area contributed by atoms with Crippen molar-refractivity contribution in [3.8, 4) is 0 Å². The third-order valence-electron chi connectivity index (χ3n) is 4.67. The second-order valence-corrected chi connectivity index (χ2v) is 6.17. The maximum absolute atomic E-state index is 12.5. The van der Waals surface area contributed by atoms with Crippen molar-refractivity contribution in [3.63, 3.8) is 0 Å². The van der Waals surface area contributed by atoms with E-state index in [2.05, 4.69) is 47.4 Å². The molecule has 24 heavy (non-hydrogen) atoms. The molecule has 4 rings (SSSR count). The Morgan fingerprint density at radius 1 is 1.25 bits per heavy atom. The van der Waals surface area contributed by atoms with Crippen molar-refractivity contribution in [2.45, 2.75) is 13.3 Å². The van der Waals surface area contributed by atoms with Crippen LogP contribution in [0.1, 0.15) is 27.9 Å². The first-order valence-corrected chi connectivity index (χ1v) is 8.19.